The molecule has 0 bridgehead atoms. The largest absolute Gasteiger partial charge is 0.495 e. The number of nitrogens with one attached hydrogen (secondary N) is 1. The number of halogens is 1. The number of hydrogen-bond donors (Lipinski definition) is 2. The van der Waals surface area contributed by atoms with Gasteiger partial charge in [-0.25, -0.2) is 4.99 Å². The van der Waals surface area contributed by atoms with E-state index in [4.69, 9.17) is 30.5 Å². The van der Waals surface area contributed by atoms with Crippen LogP contribution in [0.3, 0.4) is 0 Å². The molecule has 192 valence electrons. The summed E-state index contributed by atoms with van der Waals surface area (Å²) in [5.41, 5.74) is 2.76. The highest BCUT2D eigenvalue weighted by atomic mass is 35.5. The van der Waals surface area contributed by atoms with Crippen LogP contribution in [0.15, 0.2) is 76.3 Å². The zero-order valence-corrected chi connectivity index (χ0v) is 21.7. The number of pyridine rings is 1. The van der Waals surface area contributed by atoms with Crippen molar-refractivity contribution in [2.45, 2.75) is 13.5 Å². The van der Waals surface area contributed by atoms with Crippen molar-refractivity contribution in [2.24, 2.45) is 4.99 Å². The van der Waals surface area contributed by atoms with Crippen LogP contribution >= 0.6 is 11.6 Å². The Balaban J connectivity index is 1.73. The molecule has 0 radical (unpaired) electrons. The van der Waals surface area contributed by atoms with Gasteiger partial charge in [-0.15, -0.1) is 0 Å². The van der Waals surface area contributed by atoms with E-state index in [2.05, 4.69) is 10.3 Å². The van der Waals surface area contributed by atoms with Crippen LogP contribution in [-0.4, -0.2) is 30.2 Å². The van der Waals surface area contributed by atoms with E-state index in [9.17, 15) is 9.90 Å². The fourth-order valence-corrected chi connectivity index (χ4v) is 4.46. The van der Waals surface area contributed by atoms with Gasteiger partial charge >= 0.3 is 0 Å². The number of rotatable bonds is 6. The summed E-state index contributed by atoms with van der Waals surface area (Å²) in [6, 6.07) is 18.3. The summed E-state index contributed by atoms with van der Waals surface area (Å²) < 4.78 is 16.9. The summed E-state index contributed by atoms with van der Waals surface area (Å²) in [6.45, 7) is 1.51. The molecule has 0 unspecified atom stereocenters. The lowest BCUT2D eigenvalue weighted by molar-refractivity contribution is 0.102. The Morgan fingerprint density at radius 2 is 1.82 bits per heavy atom. The fraction of sp³-hybridized carbons (Fsp3) is 0.138. The smallest absolute Gasteiger partial charge is 0.261 e. The van der Waals surface area contributed by atoms with E-state index in [1.165, 1.54) is 14.2 Å². The van der Waals surface area contributed by atoms with Gasteiger partial charge in [0.25, 0.3) is 5.91 Å². The van der Waals surface area contributed by atoms with Crippen LogP contribution in [0.4, 0.5) is 11.4 Å². The number of anilines is 1. The van der Waals surface area contributed by atoms with E-state index < -0.39 is 5.91 Å². The monoisotopic (exact) mass is 529 g/mol. The Labute approximate surface area is 223 Å². The molecular formula is C29H24ClN3O5. The summed E-state index contributed by atoms with van der Waals surface area (Å²) >= 11 is 6.31. The van der Waals surface area contributed by atoms with E-state index in [0.717, 1.165) is 10.8 Å². The molecule has 8 nitrogen and oxygen atoms in total. The average molecular weight is 530 g/mol. The van der Waals surface area contributed by atoms with Gasteiger partial charge in [0.05, 0.1) is 42.9 Å². The lowest BCUT2D eigenvalue weighted by atomic mass is 10.1. The summed E-state index contributed by atoms with van der Waals surface area (Å²) in [6.07, 6.45) is 1.56. The Morgan fingerprint density at radius 3 is 2.58 bits per heavy atom. The molecule has 5 aromatic rings. The van der Waals surface area contributed by atoms with Gasteiger partial charge in [0.2, 0.25) is 5.55 Å². The predicted molar refractivity (Wildman–Crippen MR) is 146 cm³/mol. The molecule has 0 aliphatic heterocycles. The standard InChI is InChI=1S/C29H24ClN3O5/c1-16-27-20(18(15-34)14-31-16)11-21(28(35)32-24-12-22(30)25(36-2)13-26(24)37-3)29(38-27)33-23-10-6-8-17-7-4-5-9-19(17)23/h4-14,34H,15H2,1-3H3,(H,32,35). The number of amides is 1. The van der Waals surface area contributed by atoms with Crippen molar-refractivity contribution >= 4 is 50.6 Å². The number of aromatic nitrogens is 1. The first kappa shape index (κ1) is 25.3. The SMILES string of the molecule is COc1cc(OC)c(NC(=O)c2cc3c(CO)cnc(C)c3oc2=Nc2cccc3ccccc23)cc1Cl. The highest BCUT2D eigenvalue weighted by Crippen LogP contribution is 2.36. The van der Waals surface area contributed by atoms with Gasteiger partial charge in [-0.3, -0.25) is 9.78 Å². The number of nitrogens with zero attached hydrogens (tertiary/aromatic N) is 2. The summed E-state index contributed by atoms with van der Waals surface area (Å²) in [4.78, 5) is 22.8. The molecule has 2 aromatic heterocycles. The van der Waals surface area contributed by atoms with Gasteiger partial charge in [0, 0.05) is 28.6 Å². The first-order valence-corrected chi connectivity index (χ1v) is 12.1. The number of aliphatic hydroxyl groups is 1. The molecule has 3 aromatic carbocycles. The molecule has 1 amide bonds. The number of carbonyl (C=O) groups excluding carboxylic acids is 1. The maximum atomic E-state index is 13.7. The van der Waals surface area contributed by atoms with Gasteiger partial charge in [0.1, 0.15) is 17.1 Å². The van der Waals surface area contributed by atoms with Crippen LogP contribution in [-0.2, 0) is 6.61 Å². The average Bonchev–Trinajstić information content (AvgIpc) is 2.93. The lowest BCUT2D eigenvalue weighted by Crippen LogP contribution is -2.22. The second-order valence-corrected chi connectivity index (χ2v) is 8.89. The topological polar surface area (TPSA) is 106 Å². The Hall–Kier alpha value is -4.40. The predicted octanol–water partition coefficient (Wildman–Crippen LogP) is 5.94. The van der Waals surface area contributed by atoms with Crippen LogP contribution in [0.5, 0.6) is 11.5 Å². The minimum Gasteiger partial charge on any atom is -0.495 e. The molecule has 0 saturated carbocycles. The number of fused-ring (bicyclic) bond motifs is 2. The van der Waals surface area contributed by atoms with Gasteiger partial charge in [-0.2, -0.15) is 0 Å². The van der Waals surface area contributed by atoms with Crippen molar-refractivity contribution in [3.8, 4) is 11.5 Å². The molecule has 0 aliphatic rings. The molecule has 0 atom stereocenters. The highest BCUT2D eigenvalue weighted by molar-refractivity contribution is 6.32. The maximum absolute atomic E-state index is 13.7. The van der Waals surface area contributed by atoms with E-state index in [1.54, 1.807) is 31.3 Å². The first-order valence-electron chi connectivity index (χ1n) is 11.7. The molecule has 0 spiro atoms. The van der Waals surface area contributed by atoms with Crippen molar-refractivity contribution in [3.05, 3.63) is 94.3 Å². The molecule has 9 heteroatoms. The van der Waals surface area contributed by atoms with Crippen molar-refractivity contribution in [3.63, 3.8) is 0 Å². The molecule has 2 N–H and O–H groups in total. The second-order valence-electron chi connectivity index (χ2n) is 8.49. The van der Waals surface area contributed by atoms with Crippen LogP contribution in [0.25, 0.3) is 21.7 Å². The second kappa shape index (κ2) is 10.5. The van der Waals surface area contributed by atoms with Gasteiger partial charge in [-0.1, -0.05) is 48.0 Å². The minimum atomic E-state index is -0.507. The third kappa shape index (κ3) is 4.67. The fourth-order valence-electron chi connectivity index (χ4n) is 4.22. The van der Waals surface area contributed by atoms with Crippen molar-refractivity contribution in [2.75, 3.05) is 19.5 Å². The summed E-state index contributed by atoms with van der Waals surface area (Å²) in [7, 11) is 2.97. The Bertz CT molecular complexity index is 1760. The van der Waals surface area contributed by atoms with Crippen LogP contribution < -0.4 is 20.3 Å². The number of methoxy groups -OCH3 is 2. The normalized spacial score (nSPS) is 11.7. The molecule has 0 fully saturated rings. The summed E-state index contributed by atoms with van der Waals surface area (Å²) in [5, 5.41) is 15.5. The minimum absolute atomic E-state index is 0.0879. The van der Waals surface area contributed by atoms with Crippen molar-refractivity contribution in [1.82, 2.24) is 4.98 Å². The molecule has 0 saturated heterocycles. The molecular weight excluding hydrogens is 506 g/mol. The van der Waals surface area contributed by atoms with Crippen molar-refractivity contribution < 1.29 is 23.8 Å². The van der Waals surface area contributed by atoms with Gasteiger partial charge in [0.15, 0.2) is 5.58 Å². The van der Waals surface area contributed by atoms with Gasteiger partial charge < -0.3 is 24.3 Å². The maximum Gasteiger partial charge on any atom is 0.261 e. The van der Waals surface area contributed by atoms with E-state index in [1.807, 2.05) is 42.5 Å². The first-order chi connectivity index (χ1) is 18.4. The number of aryl methyl sites for hydroxylation is 1. The zero-order valence-electron chi connectivity index (χ0n) is 20.9. The van der Waals surface area contributed by atoms with E-state index in [0.29, 0.717) is 50.1 Å². The van der Waals surface area contributed by atoms with E-state index in [-0.39, 0.29) is 17.7 Å². The Kier molecular flexibility index (Phi) is 7.00. The van der Waals surface area contributed by atoms with E-state index >= 15 is 0 Å². The van der Waals surface area contributed by atoms with Gasteiger partial charge in [-0.05, 0) is 30.5 Å². The number of hydrogen-bond acceptors (Lipinski definition) is 7. The van der Waals surface area contributed by atoms with Crippen LogP contribution in [0.2, 0.25) is 5.02 Å². The number of ether oxygens (including phenoxy) is 2. The molecule has 5 rings (SSSR count). The van der Waals surface area contributed by atoms with Crippen LogP contribution in [0.1, 0.15) is 21.6 Å². The zero-order chi connectivity index (χ0) is 26.8. The number of benzene rings is 3. The number of aliphatic hydroxyl groups excluding tert-OH is 1. The number of carbonyl (C=O) groups is 1. The Morgan fingerprint density at radius 1 is 1.05 bits per heavy atom. The van der Waals surface area contributed by atoms with Crippen molar-refractivity contribution in [1.29, 1.82) is 0 Å². The highest BCUT2D eigenvalue weighted by Gasteiger charge is 2.19. The molecule has 38 heavy (non-hydrogen) atoms. The summed E-state index contributed by atoms with van der Waals surface area (Å²) in [5.74, 6) is 0.262. The van der Waals surface area contributed by atoms with Crippen LogP contribution in [0, 0.1) is 6.92 Å². The quantitative estimate of drug-likeness (QED) is 0.282. The third-order valence-electron chi connectivity index (χ3n) is 6.18. The molecule has 2 heterocycles. The molecule has 0 aliphatic carbocycles. The lowest BCUT2D eigenvalue weighted by Gasteiger charge is -2.14. The third-order valence-corrected chi connectivity index (χ3v) is 6.47.